The molecular formula is C25H27F3N4O2S. The molecule has 0 saturated carbocycles. The van der Waals surface area contributed by atoms with Gasteiger partial charge in [0.25, 0.3) is 0 Å². The lowest BCUT2D eigenvalue weighted by Gasteiger charge is -2.41. The molecule has 0 unspecified atom stereocenters. The summed E-state index contributed by atoms with van der Waals surface area (Å²) >= 11 is 1.22. The molecule has 1 aliphatic rings. The first kappa shape index (κ1) is 25.1. The summed E-state index contributed by atoms with van der Waals surface area (Å²) in [7, 11) is 0. The van der Waals surface area contributed by atoms with Crippen LogP contribution in [0.25, 0.3) is 16.4 Å². The second-order valence-corrected chi connectivity index (χ2v) is 9.61. The van der Waals surface area contributed by atoms with Crippen LogP contribution in [0.5, 0.6) is 0 Å². The summed E-state index contributed by atoms with van der Waals surface area (Å²) in [6, 6.07) is 10.4. The topological polar surface area (TPSA) is 69.6 Å². The van der Waals surface area contributed by atoms with Crippen molar-refractivity contribution in [2.45, 2.75) is 44.9 Å². The number of alkyl halides is 3. The minimum absolute atomic E-state index is 0.196. The zero-order valence-corrected chi connectivity index (χ0v) is 20.1. The highest BCUT2D eigenvalue weighted by Crippen LogP contribution is 2.34. The fourth-order valence-electron chi connectivity index (χ4n) is 4.31. The minimum atomic E-state index is -4.48. The average molecular weight is 505 g/mol. The maximum Gasteiger partial charge on any atom is 0.433 e. The van der Waals surface area contributed by atoms with Crippen molar-refractivity contribution >= 4 is 38.9 Å². The van der Waals surface area contributed by atoms with Gasteiger partial charge in [0.1, 0.15) is 16.0 Å². The van der Waals surface area contributed by atoms with E-state index >= 15 is 0 Å². The van der Waals surface area contributed by atoms with E-state index in [1.807, 2.05) is 24.3 Å². The maximum absolute atomic E-state index is 13.1. The number of nitrogens with zero attached hydrogens (tertiary/aromatic N) is 4. The van der Waals surface area contributed by atoms with Crippen molar-refractivity contribution in [1.82, 2.24) is 14.9 Å². The van der Waals surface area contributed by atoms with Crippen LogP contribution in [0.3, 0.4) is 0 Å². The molecule has 1 N–H and O–H groups in total. The number of unbranched alkanes of at least 4 members (excludes halogenated alkanes) is 1. The van der Waals surface area contributed by atoms with Crippen molar-refractivity contribution in [3.63, 3.8) is 0 Å². The number of aromatic nitrogens is 2. The monoisotopic (exact) mass is 504 g/mol. The van der Waals surface area contributed by atoms with Crippen LogP contribution in [0.4, 0.5) is 18.3 Å². The summed E-state index contributed by atoms with van der Waals surface area (Å²) in [6.45, 7) is 5.20. The van der Waals surface area contributed by atoms with E-state index < -0.39 is 17.8 Å². The Bertz CT molecular complexity index is 1210. The van der Waals surface area contributed by atoms with E-state index in [1.54, 1.807) is 6.08 Å². The molecule has 0 radical (unpaired) electrons. The lowest BCUT2D eigenvalue weighted by Crippen LogP contribution is -2.53. The number of piperazine rings is 1. The first-order chi connectivity index (χ1) is 16.7. The predicted molar refractivity (Wildman–Crippen MR) is 131 cm³/mol. The summed E-state index contributed by atoms with van der Waals surface area (Å²) in [5.74, 6) is -0.982. The molecule has 3 heterocycles. The van der Waals surface area contributed by atoms with Gasteiger partial charge in [0, 0.05) is 38.3 Å². The highest BCUT2D eigenvalue weighted by atomic mass is 32.1. The van der Waals surface area contributed by atoms with Gasteiger partial charge in [-0.1, -0.05) is 55.4 Å². The number of hydrogen-bond acceptors (Lipinski definition) is 6. The number of anilines is 1. The molecule has 10 heteroatoms. The number of benzene rings is 1. The number of halogens is 3. The number of carbonyl (C=O) groups is 1. The fourth-order valence-corrected chi connectivity index (χ4v) is 5.35. The summed E-state index contributed by atoms with van der Waals surface area (Å²) in [6.07, 6.45) is 1.30. The van der Waals surface area contributed by atoms with Gasteiger partial charge in [-0.25, -0.2) is 14.8 Å². The van der Waals surface area contributed by atoms with E-state index in [4.69, 9.17) is 5.11 Å². The second-order valence-electron chi connectivity index (χ2n) is 8.66. The molecule has 186 valence electrons. The van der Waals surface area contributed by atoms with Crippen molar-refractivity contribution < 1.29 is 23.1 Å². The van der Waals surface area contributed by atoms with Crippen molar-refractivity contribution in [2.24, 2.45) is 0 Å². The van der Waals surface area contributed by atoms with E-state index in [0.29, 0.717) is 15.5 Å². The van der Waals surface area contributed by atoms with Crippen LogP contribution in [0.1, 0.15) is 43.0 Å². The van der Waals surface area contributed by atoms with Crippen LogP contribution in [0, 0.1) is 0 Å². The molecule has 4 rings (SSSR count). The average Bonchev–Trinajstić information content (AvgIpc) is 3.24. The molecule has 1 fully saturated rings. The maximum atomic E-state index is 13.1. The van der Waals surface area contributed by atoms with Gasteiger partial charge in [0.2, 0.25) is 0 Å². The first-order valence-electron chi connectivity index (χ1n) is 11.6. The molecule has 6 nitrogen and oxygen atoms in total. The van der Waals surface area contributed by atoms with Crippen LogP contribution < -0.4 is 4.90 Å². The van der Waals surface area contributed by atoms with Crippen molar-refractivity contribution in [3.05, 3.63) is 59.3 Å². The van der Waals surface area contributed by atoms with Crippen molar-refractivity contribution in [1.29, 1.82) is 0 Å². The number of hydrogen-bond donors (Lipinski definition) is 1. The molecule has 1 aliphatic heterocycles. The number of carboxylic acid groups (broad SMARTS) is 1. The van der Waals surface area contributed by atoms with E-state index in [9.17, 15) is 18.0 Å². The molecule has 2 aromatic heterocycles. The molecule has 0 bridgehead atoms. The Labute approximate surface area is 205 Å². The molecule has 1 atom stereocenters. The Balaban J connectivity index is 1.50. The van der Waals surface area contributed by atoms with Gasteiger partial charge in [0.05, 0.1) is 0 Å². The molecule has 0 spiro atoms. The number of aliphatic carboxylic acids is 1. The van der Waals surface area contributed by atoms with Gasteiger partial charge in [-0.15, -0.1) is 0 Å². The van der Waals surface area contributed by atoms with Crippen molar-refractivity contribution in [2.75, 3.05) is 24.5 Å². The van der Waals surface area contributed by atoms with Crippen LogP contribution in [0.15, 0.2) is 42.5 Å². The molecule has 1 aromatic carbocycles. The number of thiazole rings is 1. The van der Waals surface area contributed by atoms with Gasteiger partial charge in [-0.3, -0.25) is 4.90 Å². The smallest absolute Gasteiger partial charge is 0.433 e. The van der Waals surface area contributed by atoms with Gasteiger partial charge in [-0.2, -0.15) is 13.2 Å². The number of carboxylic acids is 1. The van der Waals surface area contributed by atoms with Crippen LogP contribution in [-0.4, -0.2) is 51.6 Å². The Morgan fingerprint density at radius 3 is 2.80 bits per heavy atom. The molecule has 3 aromatic rings. The van der Waals surface area contributed by atoms with Crippen molar-refractivity contribution in [3.8, 4) is 0 Å². The molecule has 1 saturated heterocycles. The number of rotatable bonds is 8. The zero-order valence-electron chi connectivity index (χ0n) is 19.3. The Morgan fingerprint density at radius 2 is 2.06 bits per heavy atom. The predicted octanol–water partition coefficient (Wildman–Crippen LogP) is 5.69. The molecule has 35 heavy (non-hydrogen) atoms. The van der Waals surface area contributed by atoms with E-state index in [-0.39, 0.29) is 6.04 Å². The third-order valence-electron chi connectivity index (χ3n) is 6.01. The highest BCUT2D eigenvalue weighted by molar-refractivity contribution is 7.21. The standard InChI is InChI=1S/C25H27F3N4O2S/c1-2-3-7-19-16-31(15-18-6-4-5-17(14-18)8-11-22(33)34)12-13-32(19)24-29-20-9-10-21(25(26,27)28)30-23(20)35-24/h4-6,8-11,14,19H,2-3,7,12-13,15-16H2,1H3,(H,33,34)/t19-/m1/s1. The summed E-state index contributed by atoms with van der Waals surface area (Å²) in [5, 5.41) is 9.58. The van der Waals surface area contributed by atoms with E-state index in [0.717, 1.165) is 68.7 Å². The van der Waals surface area contributed by atoms with Crippen LogP contribution in [-0.2, 0) is 17.5 Å². The Hall–Kier alpha value is -2.98. The summed E-state index contributed by atoms with van der Waals surface area (Å²) in [4.78, 5) is 24.1. The molecule has 0 aliphatic carbocycles. The summed E-state index contributed by atoms with van der Waals surface area (Å²) < 4.78 is 39.2. The van der Waals surface area contributed by atoms with Gasteiger partial charge in [0.15, 0.2) is 5.13 Å². The third-order valence-corrected chi connectivity index (χ3v) is 7.02. The summed E-state index contributed by atoms with van der Waals surface area (Å²) in [5.41, 5.74) is 1.53. The quantitative estimate of drug-likeness (QED) is 0.398. The normalized spacial score (nSPS) is 17.5. The van der Waals surface area contributed by atoms with Gasteiger partial charge < -0.3 is 10.0 Å². The fraction of sp³-hybridized carbons (Fsp3) is 0.400. The van der Waals surface area contributed by atoms with Crippen LogP contribution in [0.2, 0.25) is 0 Å². The Morgan fingerprint density at radius 1 is 1.23 bits per heavy atom. The second kappa shape index (κ2) is 10.7. The molecule has 0 amide bonds. The first-order valence-corrected chi connectivity index (χ1v) is 12.4. The SMILES string of the molecule is CCCC[C@@H]1CN(Cc2cccc(C=CC(=O)O)c2)CCN1c1nc2ccc(C(F)(F)F)nc2s1. The van der Waals surface area contributed by atoms with E-state index in [1.165, 1.54) is 17.4 Å². The van der Waals surface area contributed by atoms with Gasteiger partial charge >= 0.3 is 12.1 Å². The number of pyridine rings is 1. The Kier molecular flexibility index (Phi) is 7.71. The zero-order chi connectivity index (χ0) is 25.0. The lowest BCUT2D eigenvalue weighted by molar-refractivity contribution is -0.141. The van der Waals surface area contributed by atoms with Gasteiger partial charge in [-0.05, 0) is 35.8 Å². The third kappa shape index (κ3) is 6.37. The minimum Gasteiger partial charge on any atom is -0.478 e. The van der Waals surface area contributed by atoms with Crippen LogP contribution >= 0.6 is 11.3 Å². The largest absolute Gasteiger partial charge is 0.478 e. The highest BCUT2D eigenvalue weighted by Gasteiger charge is 2.33. The lowest BCUT2D eigenvalue weighted by atomic mass is 10.0. The number of fused-ring (bicyclic) bond motifs is 1. The van der Waals surface area contributed by atoms with E-state index in [2.05, 4.69) is 26.7 Å². The molecular weight excluding hydrogens is 477 g/mol.